The van der Waals surface area contributed by atoms with Crippen molar-refractivity contribution in [2.45, 2.75) is 31.6 Å². The van der Waals surface area contributed by atoms with E-state index in [0.29, 0.717) is 11.1 Å². The molecule has 0 unspecified atom stereocenters. The van der Waals surface area contributed by atoms with Crippen LogP contribution in [0.1, 0.15) is 47.5 Å². The van der Waals surface area contributed by atoms with Gasteiger partial charge in [-0.05, 0) is 52.9 Å². The molecule has 5 rings (SSSR count). The first-order chi connectivity index (χ1) is 14.5. The number of amides is 1. The van der Waals surface area contributed by atoms with Crippen LogP contribution in [-0.4, -0.2) is 26.5 Å². The molecule has 9 heteroatoms. The molecule has 2 aromatic heterocycles. The number of carbonyl (C=O) groups excluding carboxylic acids is 1. The number of tetrazole rings is 1. The lowest BCUT2D eigenvalue weighted by molar-refractivity contribution is 0.100. The number of halogens is 2. The number of hydrogen-bond acceptors (Lipinski definition) is 5. The smallest absolute Gasteiger partial charge is 0.253 e. The van der Waals surface area contributed by atoms with E-state index in [0.717, 1.165) is 31.7 Å². The largest absolute Gasteiger partial charge is 0.455 e. The maximum absolute atomic E-state index is 14.8. The van der Waals surface area contributed by atoms with Gasteiger partial charge in [0, 0.05) is 10.9 Å². The van der Waals surface area contributed by atoms with Crippen molar-refractivity contribution in [2.24, 2.45) is 5.73 Å². The molecule has 7 nitrogen and oxygen atoms in total. The molecule has 1 amide bonds. The van der Waals surface area contributed by atoms with E-state index in [1.807, 2.05) is 0 Å². The summed E-state index contributed by atoms with van der Waals surface area (Å²) in [5.41, 5.74) is 6.88. The van der Waals surface area contributed by atoms with Gasteiger partial charge in [0.1, 0.15) is 23.0 Å². The molecule has 0 radical (unpaired) electrons. The lowest BCUT2D eigenvalue weighted by atomic mass is 9.95. The minimum atomic E-state index is -0.794. The number of aromatic amines is 1. The summed E-state index contributed by atoms with van der Waals surface area (Å²) in [5, 5.41) is 13.2. The third-order valence-electron chi connectivity index (χ3n) is 5.68. The lowest BCUT2D eigenvalue weighted by Gasteiger charge is -2.11. The summed E-state index contributed by atoms with van der Waals surface area (Å²) < 4.78 is 35.3. The number of nitrogens with two attached hydrogens (primary N) is 1. The predicted octanol–water partition coefficient (Wildman–Crippen LogP) is 4.31. The van der Waals surface area contributed by atoms with Gasteiger partial charge in [-0.1, -0.05) is 25.0 Å². The molecule has 1 fully saturated rings. The fraction of sp³-hybridized carbons (Fsp3) is 0.238. The Morgan fingerprint density at radius 1 is 1.13 bits per heavy atom. The third-order valence-corrected chi connectivity index (χ3v) is 5.68. The number of furan rings is 1. The number of benzene rings is 2. The van der Waals surface area contributed by atoms with Crippen molar-refractivity contribution in [3.63, 3.8) is 0 Å². The van der Waals surface area contributed by atoms with Gasteiger partial charge in [0.05, 0.1) is 11.1 Å². The monoisotopic (exact) mass is 409 g/mol. The summed E-state index contributed by atoms with van der Waals surface area (Å²) in [7, 11) is 0. The fourth-order valence-corrected chi connectivity index (χ4v) is 4.26. The van der Waals surface area contributed by atoms with E-state index in [2.05, 4.69) is 20.6 Å². The summed E-state index contributed by atoms with van der Waals surface area (Å²) in [6.07, 6.45) is 4.11. The molecule has 30 heavy (non-hydrogen) atoms. The molecule has 2 heterocycles. The first-order valence-electron chi connectivity index (χ1n) is 9.62. The molecule has 0 spiro atoms. The Kier molecular flexibility index (Phi) is 4.30. The molecule has 0 atom stereocenters. The first-order valence-corrected chi connectivity index (χ1v) is 9.62. The maximum atomic E-state index is 14.8. The highest BCUT2D eigenvalue weighted by Gasteiger charge is 2.25. The normalized spacial score (nSPS) is 14.6. The standard InChI is InChI=1S/C21H17F2N5O2/c22-15-7-11(5-6-12(15)10-3-1-2-4-10)19-18(20(24)29)14-8-16(23)13(9-17(14)30-19)21-25-27-28-26-21/h5-10H,1-4H2,(H2,24,29)(H,25,26,27,28). The van der Waals surface area contributed by atoms with E-state index in [4.69, 9.17) is 10.2 Å². The van der Waals surface area contributed by atoms with Crippen LogP contribution in [-0.2, 0) is 0 Å². The van der Waals surface area contributed by atoms with E-state index in [-0.39, 0.29) is 45.4 Å². The topological polar surface area (TPSA) is 111 Å². The highest BCUT2D eigenvalue weighted by Crippen LogP contribution is 2.39. The average Bonchev–Trinajstić information content (AvgIpc) is 3.47. The zero-order valence-corrected chi connectivity index (χ0v) is 15.8. The minimum absolute atomic E-state index is 0.000777. The molecule has 1 saturated carbocycles. The van der Waals surface area contributed by atoms with Crippen LogP contribution in [0.15, 0.2) is 34.7 Å². The van der Waals surface area contributed by atoms with Crippen molar-refractivity contribution in [2.75, 3.05) is 0 Å². The molecule has 0 saturated heterocycles. The van der Waals surface area contributed by atoms with Gasteiger partial charge in [-0.2, -0.15) is 0 Å². The van der Waals surface area contributed by atoms with Crippen molar-refractivity contribution < 1.29 is 18.0 Å². The van der Waals surface area contributed by atoms with Crippen LogP contribution in [0.3, 0.4) is 0 Å². The fourth-order valence-electron chi connectivity index (χ4n) is 4.26. The molecular weight excluding hydrogens is 392 g/mol. The van der Waals surface area contributed by atoms with Crippen LogP contribution in [0.2, 0.25) is 0 Å². The molecular formula is C21H17F2N5O2. The van der Waals surface area contributed by atoms with Gasteiger partial charge in [0.15, 0.2) is 5.82 Å². The highest BCUT2D eigenvalue weighted by atomic mass is 19.1. The van der Waals surface area contributed by atoms with Crippen molar-refractivity contribution >= 4 is 16.9 Å². The van der Waals surface area contributed by atoms with Gasteiger partial charge in [0.25, 0.3) is 5.91 Å². The highest BCUT2D eigenvalue weighted by molar-refractivity contribution is 6.11. The predicted molar refractivity (Wildman–Crippen MR) is 104 cm³/mol. The van der Waals surface area contributed by atoms with Crippen LogP contribution < -0.4 is 5.73 Å². The third kappa shape index (κ3) is 2.94. The van der Waals surface area contributed by atoms with E-state index in [9.17, 15) is 13.6 Å². The molecule has 4 aromatic rings. The Morgan fingerprint density at radius 2 is 1.93 bits per heavy atom. The quantitative estimate of drug-likeness (QED) is 0.522. The molecule has 0 aliphatic heterocycles. The van der Waals surface area contributed by atoms with Crippen molar-refractivity contribution in [1.29, 1.82) is 0 Å². The van der Waals surface area contributed by atoms with Crippen LogP contribution in [0, 0.1) is 11.6 Å². The minimum Gasteiger partial charge on any atom is -0.455 e. The Morgan fingerprint density at radius 3 is 2.60 bits per heavy atom. The van der Waals surface area contributed by atoms with Crippen molar-refractivity contribution in [1.82, 2.24) is 20.6 Å². The van der Waals surface area contributed by atoms with Gasteiger partial charge in [0.2, 0.25) is 0 Å². The second kappa shape index (κ2) is 7.01. The number of aromatic nitrogens is 4. The second-order valence-electron chi connectivity index (χ2n) is 7.47. The SMILES string of the molecule is NC(=O)c1c(-c2ccc(C3CCCC3)c(F)c2)oc2cc(-c3nnn[nH]3)c(F)cc12. The number of H-pyrrole nitrogens is 1. The second-order valence-corrected chi connectivity index (χ2v) is 7.47. The summed E-state index contributed by atoms with van der Waals surface area (Å²) in [4.78, 5) is 12.2. The molecule has 2 aromatic carbocycles. The Hall–Kier alpha value is -3.62. The summed E-state index contributed by atoms with van der Waals surface area (Å²) in [5.74, 6) is -1.38. The van der Waals surface area contributed by atoms with Gasteiger partial charge in [-0.3, -0.25) is 4.79 Å². The van der Waals surface area contributed by atoms with E-state index < -0.39 is 11.7 Å². The average molecular weight is 409 g/mol. The van der Waals surface area contributed by atoms with Crippen molar-refractivity contribution in [3.05, 3.63) is 53.1 Å². The van der Waals surface area contributed by atoms with Gasteiger partial charge >= 0.3 is 0 Å². The number of nitrogens with zero attached hydrogens (tertiary/aromatic N) is 3. The summed E-state index contributed by atoms with van der Waals surface area (Å²) in [6.45, 7) is 0. The number of rotatable bonds is 4. The van der Waals surface area contributed by atoms with Gasteiger partial charge in [-0.25, -0.2) is 13.9 Å². The van der Waals surface area contributed by atoms with Crippen LogP contribution in [0.4, 0.5) is 8.78 Å². The molecule has 152 valence electrons. The van der Waals surface area contributed by atoms with E-state index in [1.165, 1.54) is 12.1 Å². The van der Waals surface area contributed by atoms with Crippen molar-refractivity contribution in [3.8, 4) is 22.7 Å². The molecule has 3 N–H and O–H groups in total. The van der Waals surface area contributed by atoms with Crippen LogP contribution in [0.25, 0.3) is 33.7 Å². The van der Waals surface area contributed by atoms with Crippen LogP contribution >= 0.6 is 0 Å². The summed E-state index contributed by atoms with van der Waals surface area (Å²) >= 11 is 0. The van der Waals surface area contributed by atoms with E-state index in [1.54, 1.807) is 12.1 Å². The Labute approximate surface area is 169 Å². The number of primary amides is 1. The maximum Gasteiger partial charge on any atom is 0.253 e. The van der Waals surface area contributed by atoms with Gasteiger partial charge in [-0.15, -0.1) is 5.10 Å². The molecule has 1 aliphatic rings. The summed E-state index contributed by atoms with van der Waals surface area (Å²) in [6, 6.07) is 7.30. The number of fused-ring (bicyclic) bond motifs is 1. The first kappa shape index (κ1) is 18.4. The lowest BCUT2D eigenvalue weighted by Crippen LogP contribution is -2.11. The molecule has 0 bridgehead atoms. The van der Waals surface area contributed by atoms with Gasteiger partial charge < -0.3 is 10.2 Å². The number of nitrogens with one attached hydrogen (secondary N) is 1. The zero-order valence-electron chi connectivity index (χ0n) is 15.8. The Bertz CT molecular complexity index is 1260. The Balaban J connectivity index is 1.66. The van der Waals surface area contributed by atoms with E-state index >= 15 is 0 Å². The van der Waals surface area contributed by atoms with Crippen LogP contribution in [0.5, 0.6) is 0 Å². The molecule has 1 aliphatic carbocycles. The number of carbonyl (C=O) groups is 1. The zero-order chi connectivity index (χ0) is 20.8. The number of hydrogen-bond donors (Lipinski definition) is 2.